The fraction of sp³-hybridized carbons (Fsp3) is 0.235. The lowest BCUT2D eigenvalue weighted by atomic mass is 10.1. The average molecular weight is 392 g/mol. The van der Waals surface area contributed by atoms with Crippen molar-refractivity contribution in [3.63, 3.8) is 0 Å². The second-order valence-electron chi connectivity index (χ2n) is 5.37. The molecule has 0 radical (unpaired) electrons. The monoisotopic (exact) mass is 392 g/mol. The lowest BCUT2D eigenvalue weighted by molar-refractivity contribution is 0.0730. The molecule has 2 N–H and O–H groups in total. The van der Waals surface area contributed by atoms with Crippen LogP contribution in [-0.4, -0.2) is 16.8 Å². The SMILES string of the molecule is Nc1ccccc1CN(C(=O)c1cccc(I)c1)C1CC1. The number of anilines is 1. The molecule has 21 heavy (non-hydrogen) atoms. The number of benzene rings is 2. The minimum absolute atomic E-state index is 0.0965. The number of para-hydroxylation sites is 1. The van der Waals surface area contributed by atoms with Gasteiger partial charge in [-0.3, -0.25) is 4.79 Å². The van der Waals surface area contributed by atoms with Crippen molar-refractivity contribution in [2.75, 3.05) is 5.73 Å². The maximum absolute atomic E-state index is 12.8. The molecule has 1 fully saturated rings. The van der Waals surface area contributed by atoms with Crippen LogP contribution in [0.5, 0.6) is 0 Å². The normalized spacial score (nSPS) is 14.0. The lowest BCUT2D eigenvalue weighted by Crippen LogP contribution is -2.32. The highest BCUT2D eigenvalue weighted by atomic mass is 127. The molecule has 0 bridgehead atoms. The molecule has 1 saturated carbocycles. The predicted molar refractivity (Wildman–Crippen MR) is 92.9 cm³/mol. The van der Waals surface area contributed by atoms with Gasteiger partial charge in [0.25, 0.3) is 5.91 Å². The summed E-state index contributed by atoms with van der Waals surface area (Å²) < 4.78 is 1.08. The standard InChI is InChI=1S/C17H17IN2O/c18-14-6-3-5-12(10-14)17(21)20(15-8-9-15)11-13-4-1-2-7-16(13)19/h1-7,10,15H,8-9,11,19H2. The van der Waals surface area contributed by atoms with Gasteiger partial charge in [-0.1, -0.05) is 24.3 Å². The van der Waals surface area contributed by atoms with E-state index in [9.17, 15) is 4.79 Å². The molecule has 3 nitrogen and oxygen atoms in total. The molecule has 1 aliphatic rings. The van der Waals surface area contributed by atoms with Gasteiger partial charge in [-0.2, -0.15) is 0 Å². The Balaban J connectivity index is 1.85. The quantitative estimate of drug-likeness (QED) is 0.638. The first-order valence-corrected chi connectivity index (χ1v) is 8.13. The van der Waals surface area contributed by atoms with Gasteiger partial charge in [-0.25, -0.2) is 0 Å². The van der Waals surface area contributed by atoms with E-state index in [0.717, 1.165) is 33.2 Å². The van der Waals surface area contributed by atoms with Gasteiger partial charge in [0.15, 0.2) is 0 Å². The Kier molecular flexibility index (Phi) is 4.14. The van der Waals surface area contributed by atoms with E-state index < -0.39 is 0 Å². The third kappa shape index (κ3) is 3.37. The van der Waals surface area contributed by atoms with E-state index in [-0.39, 0.29) is 5.91 Å². The van der Waals surface area contributed by atoms with Gasteiger partial charge >= 0.3 is 0 Å². The summed E-state index contributed by atoms with van der Waals surface area (Å²) in [7, 11) is 0. The zero-order chi connectivity index (χ0) is 14.8. The molecule has 108 valence electrons. The summed E-state index contributed by atoms with van der Waals surface area (Å²) in [6.07, 6.45) is 2.17. The fourth-order valence-corrected chi connectivity index (χ4v) is 2.95. The first-order chi connectivity index (χ1) is 10.1. The zero-order valence-corrected chi connectivity index (χ0v) is 13.8. The maximum atomic E-state index is 12.8. The molecule has 0 aliphatic heterocycles. The summed E-state index contributed by atoms with van der Waals surface area (Å²) >= 11 is 2.23. The van der Waals surface area contributed by atoms with Crippen LogP contribution in [0.25, 0.3) is 0 Å². The summed E-state index contributed by atoms with van der Waals surface area (Å²) in [6.45, 7) is 0.585. The van der Waals surface area contributed by atoms with Crippen molar-refractivity contribution in [3.05, 3.63) is 63.2 Å². The summed E-state index contributed by atoms with van der Waals surface area (Å²) in [5, 5.41) is 0. The molecule has 2 aromatic carbocycles. The van der Waals surface area contributed by atoms with Crippen molar-refractivity contribution in [3.8, 4) is 0 Å². The number of carbonyl (C=O) groups excluding carboxylic acids is 1. The molecule has 2 aromatic rings. The molecule has 3 rings (SSSR count). The minimum Gasteiger partial charge on any atom is -0.398 e. The molecule has 0 unspecified atom stereocenters. The van der Waals surface area contributed by atoms with Crippen LogP contribution >= 0.6 is 22.6 Å². The number of rotatable bonds is 4. The largest absolute Gasteiger partial charge is 0.398 e. The van der Waals surface area contributed by atoms with Crippen molar-refractivity contribution < 1.29 is 4.79 Å². The smallest absolute Gasteiger partial charge is 0.254 e. The van der Waals surface area contributed by atoms with Crippen molar-refractivity contribution in [1.29, 1.82) is 0 Å². The second kappa shape index (κ2) is 6.05. The van der Waals surface area contributed by atoms with Gasteiger partial charge in [-0.15, -0.1) is 0 Å². The predicted octanol–water partition coefficient (Wildman–Crippen LogP) is 3.68. The van der Waals surface area contributed by atoms with Gasteiger partial charge in [0.2, 0.25) is 0 Å². The molecule has 0 spiro atoms. The van der Waals surface area contributed by atoms with Crippen LogP contribution in [0.1, 0.15) is 28.8 Å². The number of carbonyl (C=O) groups is 1. The molecule has 0 aromatic heterocycles. The first-order valence-electron chi connectivity index (χ1n) is 7.05. The van der Waals surface area contributed by atoms with E-state index in [1.807, 2.05) is 53.4 Å². The lowest BCUT2D eigenvalue weighted by Gasteiger charge is -2.23. The number of halogens is 1. The van der Waals surface area contributed by atoms with Crippen molar-refractivity contribution in [2.45, 2.75) is 25.4 Å². The Bertz CT molecular complexity index is 667. The molecule has 4 heteroatoms. The second-order valence-corrected chi connectivity index (χ2v) is 6.62. The Morgan fingerprint density at radius 2 is 1.95 bits per heavy atom. The van der Waals surface area contributed by atoms with Crippen molar-refractivity contribution in [1.82, 2.24) is 4.90 Å². The van der Waals surface area contributed by atoms with Crippen LogP contribution in [0.15, 0.2) is 48.5 Å². The summed E-state index contributed by atoms with van der Waals surface area (Å²) in [6, 6.07) is 15.9. The summed E-state index contributed by atoms with van der Waals surface area (Å²) in [5.41, 5.74) is 8.53. The van der Waals surface area contributed by atoms with Gasteiger partial charge in [0.1, 0.15) is 0 Å². The maximum Gasteiger partial charge on any atom is 0.254 e. The number of nitrogen functional groups attached to an aromatic ring is 1. The van der Waals surface area contributed by atoms with Crippen LogP contribution in [0.2, 0.25) is 0 Å². The summed E-state index contributed by atoms with van der Waals surface area (Å²) in [4.78, 5) is 14.7. The van der Waals surface area contributed by atoms with E-state index >= 15 is 0 Å². The Morgan fingerprint density at radius 1 is 1.19 bits per heavy atom. The average Bonchev–Trinajstić information content (AvgIpc) is 3.30. The highest BCUT2D eigenvalue weighted by Crippen LogP contribution is 2.31. The van der Waals surface area contributed by atoms with Crippen LogP contribution in [-0.2, 0) is 6.54 Å². The third-order valence-corrected chi connectivity index (χ3v) is 4.39. The zero-order valence-electron chi connectivity index (χ0n) is 11.6. The Labute approximate surface area is 138 Å². The van der Waals surface area contributed by atoms with E-state index in [0.29, 0.717) is 12.6 Å². The summed E-state index contributed by atoms with van der Waals surface area (Å²) in [5.74, 6) is 0.0965. The molecule has 0 saturated heterocycles. The van der Waals surface area contributed by atoms with Crippen LogP contribution in [0.3, 0.4) is 0 Å². The molecule has 1 aliphatic carbocycles. The topological polar surface area (TPSA) is 46.3 Å². The number of amides is 1. The number of nitrogens with two attached hydrogens (primary N) is 1. The van der Waals surface area contributed by atoms with Gasteiger partial charge < -0.3 is 10.6 Å². The molecule has 0 atom stereocenters. The number of hydrogen-bond acceptors (Lipinski definition) is 2. The first kappa shape index (κ1) is 14.4. The van der Waals surface area contributed by atoms with Gasteiger partial charge in [-0.05, 0) is 65.3 Å². The Morgan fingerprint density at radius 3 is 2.62 bits per heavy atom. The highest BCUT2D eigenvalue weighted by Gasteiger charge is 2.33. The number of hydrogen-bond donors (Lipinski definition) is 1. The van der Waals surface area contributed by atoms with Crippen LogP contribution in [0.4, 0.5) is 5.69 Å². The number of nitrogens with zero attached hydrogens (tertiary/aromatic N) is 1. The van der Waals surface area contributed by atoms with E-state index in [4.69, 9.17) is 5.73 Å². The fourth-order valence-electron chi connectivity index (χ4n) is 2.40. The van der Waals surface area contributed by atoms with E-state index in [1.165, 1.54) is 0 Å². The molecular weight excluding hydrogens is 375 g/mol. The van der Waals surface area contributed by atoms with Crippen LogP contribution in [0, 0.1) is 3.57 Å². The third-order valence-electron chi connectivity index (χ3n) is 3.72. The molecular formula is C17H17IN2O. The van der Waals surface area contributed by atoms with Gasteiger partial charge in [0.05, 0.1) is 0 Å². The van der Waals surface area contributed by atoms with Gasteiger partial charge in [0, 0.05) is 27.4 Å². The van der Waals surface area contributed by atoms with Crippen LogP contribution < -0.4 is 5.73 Å². The minimum atomic E-state index is 0.0965. The van der Waals surface area contributed by atoms with Crippen molar-refractivity contribution >= 4 is 34.2 Å². The van der Waals surface area contributed by atoms with Crippen molar-refractivity contribution in [2.24, 2.45) is 0 Å². The Hall–Kier alpha value is -1.56. The molecule has 0 heterocycles. The molecule has 1 amide bonds. The van der Waals surface area contributed by atoms with E-state index in [2.05, 4.69) is 22.6 Å². The highest BCUT2D eigenvalue weighted by molar-refractivity contribution is 14.1. The van der Waals surface area contributed by atoms with E-state index in [1.54, 1.807) is 0 Å².